The van der Waals surface area contributed by atoms with E-state index in [1.54, 1.807) is 49.2 Å². The van der Waals surface area contributed by atoms with Crippen LogP contribution in [-0.4, -0.2) is 61.4 Å². The normalized spacial score (nSPS) is 15.6. The predicted molar refractivity (Wildman–Crippen MR) is 143 cm³/mol. The number of pyridine rings is 1. The molecule has 1 unspecified atom stereocenters. The number of carbonyl (C=O) groups is 1. The van der Waals surface area contributed by atoms with Crippen molar-refractivity contribution in [1.82, 2.24) is 29.2 Å². The number of amides is 1. The topological polar surface area (TPSA) is 97.5 Å². The molecule has 0 spiro atoms. The molecule has 0 bridgehead atoms. The van der Waals surface area contributed by atoms with E-state index in [0.29, 0.717) is 18.1 Å². The Morgan fingerprint density at radius 1 is 1.14 bits per heavy atom. The number of carbonyl (C=O) groups excluding carboxylic acids is 1. The van der Waals surface area contributed by atoms with Crippen LogP contribution in [0.15, 0.2) is 72.6 Å². The molecule has 6 rings (SSSR count). The van der Waals surface area contributed by atoms with Crippen molar-refractivity contribution in [2.45, 2.75) is 18.9 Å². The number of thiazole rings is 1. The first kappa shape index (κ1) is 23.1. The SMILES string of the molecule is COc1cccc(-c2nc3sccn3c2-c2ccnc(NC3CCCN(C(=O)c4ccncc4)C3)n2)c1. The van der Waals surface area contributed by atoms with Gasteiger partial charge in [-0.3, -0.25) is 14.2 Å². The molecule has 1 aromatic carbocycles. The monoisotopic (exact) mass is 511 g/mol. The fraction of sp³-hybridized carbons (Fsp3) is 0.222. The number of methoxy groups -OCH3 is 1. The molecule has 5 aromatic rings. The van der Waals surface area contributed by atoms with Crippen LogP contribution in [0.25, 0.3) is 27.6 Å². The minimum absolute atomic E-state index is 0.0191. The first-order valence-corrected chi connectivity index (χ1v) is 13.0. The molecule has 1 amide bonds. The molecular weight excluding hydrogens is 486 g/mol. The Kier molecular flexibility index (Phi) is 6.23. The lowest BCUT2D eigenvalue weighted by Crippen LogP contribution is -2.45. The molecule has 4 aromatic heterocycles. The molecule has 1 aliphatic heterocycles. The van der Waals surface area contributed by atoms with Gasteiger partial charge in [0.25, 0.3) is 5.91 Å². The summed E-state index contributed by atoms with van der Waals surface area (Å²) in [5.74, 6) is 1.32. The lowest BCUT2D eigenvalue weighted by atomic mass is 10.0. The maximum absolute atomic E-state index is 12.9. The van der Waals surface area contributed by atoms with Crippen LogP contribution >= 0.6 is 11.3 Å². The number of hydrogen-bond donors (Lipinski definition) is 1. The summed E-state index contributed by atoms with van der Waals surface area (Å²) in [5.41, 5.74) is 4.10. The van der Waals surface area contributed by atoms with Crippen LogP contribution < -0.4 is 10.1 Å². The highest BCUT2D eigenvalue weighted by molar-refractivity contribution is 7.15. The van der Waals surface area contributed by atoms with E-state index in [4.69, 9.17) is 14.7 Å². The average molecular weight is 512 g/mol. The summed E-state index contributed by atoms with van der Waals surface area (Å²) >= 11 is 1.58. The molecule has 1 fully saturated rings. The molecule has 0 saturated carbocycles. The summed E-state index contributed by atoms with van der Waals surface area (Å²) in [6, 6.07) is 13.3. The molecule has 9 nitrogen and oxygen atoms in total. The minimum Gasteiger partial charge on any atom is -0.497 e. The Balaban J connectivity index is 1.28. The van der Waals surface area contributed by atoms with Gasteiger partial charge in [0.15, 0.2) is 4.96 Å². The summed E-state index contributed by atoms with van der Waals surface area (Å²) in [6.07, 6.45) is 8.90. The van der Waals surface area contributed by atoms with E-state index in [1.165, 1.54) is 0 Å². The first-order valence-electron chi connectivity index (χ1n) is 12.1. The largest absolute Gasteiger partial charge is 0.497 e. The van der Waals surface area contributed by atoms with Gasteiger partial charge in [0, 0.05) is 60.4 Å². The second-order valence-electron chi connectivity index (χ2n) is 8.83. The third-order valence-electron chi connectivity index (χ3n) is 6.47. The predicted octanol–water partition coefficient (Wildman–Crippen LogP) is 4.64. The number of nitrogens with one attached hydrogen (secondary N) is 1. The molecule has 37 heavy (non-hydrogen) atoms. The molecule has 5 heterocycles. The van der Waals surface area contributed by atoms with Gasteiger partial charge in [0.1, 0.15) is 11.4 Å². The van der Waals surface area contributed by atoms with E-state index in [9.17, 15) is 4.79 Å². The van der Waals surface area contributed by atoms with Gasteiger partial charge in [-0.05, 0) is 43.2 Å². The van der Waals surface area contributed by atoms with Crippen molar-refractivity contribution in [3.05, 3.63) is 78.2 Å². The van der Waals surface area contributed by atoms with E-state index in [0.717, 1.165) is 52.7 Å². The fourth-order valence-electron chi connectivity index (χ4n) is 4.70. The highest BCUT2D eigenvalue weighted by Gasteiger charge is 2.25. The zero-order valence-corrected chi connectivity index (χ0v) is 21.1. The molecule has 10 heteroatoms. The second kappa shape index (κ2) is 9.98. The van der Waals surface area contributed by atoms with Gasteiger partial charge in [0.2, 0.25) is 5.95 Å². The molecule has 0 radical (unpaired) electrons. The van der Waals surface area contributed by atoms with Gasteiger partial charge in [-0.15, -0.1) is 11.3 Å². The number of imidazole rings is 1. The van der Waals surface area contributed by atoms with Gasteiger partial charge in [0.05, 0.1) is 18.5 Å². The Morgan fingerprint density at radius 2 is 2.03 bits per heavy atom. The van der Waals surface area contributed by atoms with Crippen molar-refractivity contribution in [1.29, 1.82) is 0 Å². The summed E-state index contributed by atoms with van der Waals surface area (Å²) in [6.45, 7) is 1.32. The number of anilines is 1. The maximum atomic E-state index is 12.9. The van der Waals surface area contributed by atoms with Crippen molar-refractivity contribution >= 4 is 28.2 Å². The van der Waals surface area contributed by atoms with Gasteiger partial charge >= 0.3 is 0 Å². The van der Waals surface area contributed by atoms with E-state index >= 15 is 0 Å². The zero-order valence-electron chi connectivity index (χ0n) is 20.2. The van der Waals surface area contributed by atoms with Gasteiger partial charge in [-0.2, -0.15) is 0 Å². The number of aromatic nitrogens is 5. The van der Waals surface area contributed by atoms with Gasteiger partial charge in [-0.25, -0.2) is 15.0 Å². The lowest BCUT2D eigenvalue weighted by molar-refractivity contribution is 0.0714. The summed E-state index contributed by atoms with van der Waals surface area (Å²) in [7, 11) is 1.66. The number of likely N-dealkylation sites (tertiary alicyclic amines) is 1. The number of piperidine rings is 1. The van der Waals surface area contributed by atoms with E-state index < -0.39 is 0 Å². The van der Waals surface area contributed by atoms with Crippen molar-refractivity contribution in [2.75, 3.05) is 25.5 Å². The zero-order chi connectivity index (χ0) is 25.2. The van der Waals surface area contributed by atoms with Crippen LogP contribution in [0.4, 0.5) is 5.95 Å². The molecule has 1 atom stereocenters. The van der Waals surface area contributed by atoms with Gasteiger partial charge in [-0.1, -0.05) is 12.1 Å². The van der Waals surface area contributed by atoms with E-state index in [1.807, 2.05) is 46.8 Å². The quantitative estimate of drug-likeness (QED) is 0.355. The van der Waals surface area contributed by atoms with E-state index in [2.05, 4.69) is 19.7 Å². The molecule has 1 saturated heterocycles. The molecule has 1 N–H and O–H groups in total. The summed E-state index contributed by atoms with van der Waals surface area (Å²) in [5, 5.41) is 5.48. The number of fused-ring (bicyclic) bond motifs is 1. The first-order chi connectivity index (χ1) is 18.2. The Labute approximate surface area is 217 Å². The number of rotatable bonds is 6. The summed E-state index contributed by atoms with van der Waals surface area (Å²) < 4.78 is 7.49. The highest BCUT2D eigenvalue weighted by atomic mass is 32.1. The van der Waals surface area contributed by atoms with Crippen molar-refractivity contribution in [3.63, 3.8) is 0 Å². The maximum Gasteiger partial charge on any atom is 0.254 e. The van der Waals surface area contributed by atoms with Crippen molar-refractivity contribution in [3.8, 4) is 28.4 Å². The second-order valence-corrected chi connectivity index (χ2v) is 9.71. The van der Waals surface area contributed by atoms with Crippen LogP contribution in [0.2, 0.25) is 0 Å². The fourth-order valence-corrected chi connectivity index (χ4v) is 5.42. The third kappa shape index (κ3) is 4.63. The number of nitrogens with zero attached hydrogens (tertiary/aromatic N) is 6. The molecule has 186 valence electrons. The number of hydrogen-bond acceptors (Lipinski definition) is 8. The number of benzene rings is 1. The van der Waals surface area contributed by atoms with Crippen molar-refractivity contribution < 1.29 is 9.53 Å². The molecule has 0 aliphatic carbocycles. The van der Waals surface area contributed by atoms with Gasteiger partial charge < -0.3 is 15.0 Å². The Morgan fingerprint density at radius 3 is 2.89 bits per heavy atom. The van der Waals surface area contributed by atoms with Crippen LogP contribution in [-0.2, 0) is 0 Å². The highest BCUT2D eigenvalue weighted by Crippen LogP contribution is 2.35. The third-order valence-corrected chi connectivity index (χ3v) is 7.23. The molecule has 1 aliphatic rings. The van der Waals surface area contributed by atoms with Crippen LogP contribution in [0.1, 0.15) is 23.2 Å². The average Bonchev–Trinajstić information content (AvgIpc) is 3.55. The van der Waals surface area contributed by atoms with Crippen LogP contribution in [0.3, 0.4) is 0 Å². The minimum atomic E-state index is 0.0191. The summed E-state index contributed by atoms with van der Waals surface area (Å²) in [4.78, 5) is 34.0. The standard InChI is InChI=1S/C27H25N7O2S/c1-36-21-6-2-4-19(16-21)23-24(34-14-15-37-27(34)32-23)22-9-12-29-26(31-22)30-20-5-3-13-33(17-20)25(35)18-7-10-28-11-8-18/h2,4,6-12,14-16,20H,3,5,13,17H2,1H3,(H,29,30,31). The lowest BCUT2D eigenvalue weighted by Gasteiger charge is -2.33. The smallest absolute Gasteiger partial charge is 0.254 e. The van der Waals surface area contributed by atoms with Crippen LogP contribution in [0, 0.1) is 0 Å². The number of ether oxygens (including phenoxy) is 1. The van der Waals surface area contributed by atoms with Crippen LogP contribution in [0.5, 0.6) is 5.75 Å². The Bertz CT molecular complexity index is 1550. The van der Waals surface area contributed by atoms with Crippen molar-refractivity contribution in [2.24, 2.45) is 0 Å². The van der Waals surface area contributed by atoms with E-state index in [-0.39, 0.29) is 11.9 Å². The Hall–Kier alpha value is -4.31. The molecular formula is C27H25N7O2S.